The third-order valence-electron chi connectivity index (χ3n) is 5.89. The summed E-state index contributed by atoms with van der Waals surface area (Å²) < 4.78 is 13.7. The molecule has 29 heavy (non-hydrogen) atoms. The van der Waals surface area contributed by atoms with Crippen LogP contribution in [0.2, 0.25) is 0 Å². The zero-order valence-electron chi connectivity index (χ0n) is 16.3. The second-order valence-electron chi connectivity index (χ2n) is 7.89. The first kappa shape index (κ1) is 19.9. The summed E-state index contributed by atoms with van der Waals surface area (Å²) in [6, 6.07) is 6.03. The minimum absolute atomic E-state index is 0.128. The summed E-state index contributed by atoms with van der Waals surface area (Å²) in [5.41, 5.74) is 0.128. The highest BCUT2D eigenvalue weighted by atomic mass is 32.1. The van der Waals surface area contributed by atoms with Gasteiger partial charge in [-0.1, -0.05) is 36.3 Å². The van der Waals surface area contributed by atoms with Crippen LogP contribution in [0.4, 0.5) is 10.1 Å². The van der Waals surface area contributed by atoms with Crippen LogP contribution in [0.1, 0.15) is 65.7 Å². The molecule has 6 nitrogen and oxygen atoms in total. The van der Waals surface area contributed by atoms with E-state index in [9.17, 15) is 14.0 Å². The van der Waals surface area contributed by atoms with Crippen molar-refractivity contribution in [2.24, 2.45) is 5.92 Å². The molecule has 0 atom stereocenters. The summed E-state index contributed by atoms with van der Waals surface area (Å²) >= 11 is 1.25. The van der Waals surface area contributed by atoms with E-state index in [1.807, 2.05) is 4.90 Å². The molecule has 1 saturated heterocycles. The molecule has 1 aliphatic heterocycles. The number of carbonyl (C=O) groups is 2. The van der Waals surface area contributed by atoms with E-state index in [2.05, 4.69) is 15.5 Å². The van der Waals surface area contributed by atoms with Gasteiger partial charge in [0.25, 0.3) is 5.91 Å². The number of amides is 2. The maximum atomic E-state index is 13.7. The summed E-state index contributed by atoms with van der Waals surface area (Å²) in [6.45, 7) is 1.46. The summed E-state index contributed by atoms with van der Waals surface area (Å²) in [6.07, 6.45) is 7.23. The summed E-state index contributed by atoms with van der Waals surface area (Å²) in [5, 5.41) is 11.8. The average molecular weight is 417 g/mol. The van der Waals surface area contributed by atoms with Gasteiger partial charge in [0.15, 0.2) is 0 Å². The standard InChI is InChI=1S/C21H25FN4O2S/c22-16-7-3-4-8-17(16)23-19(28)21-25-24-20(29-21)15-9-11-26(12-10-15)18(27)13-14-5-1-2-6-14/h3-4,7-8,14-15H,1-2,5-6,9-13H2,(H,23,28). The number of halogens is 1. The third kappa shape index (κ3) is 4.80. The minimum atomic E-state index is -0.486. The van der Waals surface area contributed by atoms with Crippen molar-refractivity contribution < 1.29 is 14.0 Å². The lowest BCUT2D eigenvalue weighted by Gasteiger charge is -2.31. The number of piperidine rings is 1. The van der Waals surface area contributed by atoms with Crippen molar-refractivity contribution in [1.82, 2.24) is 15.1 Å². The number of rotatable bonds is 5. The lowest BCUT2D eigenvalue weighted by atomic mass is 9.96. The number of hydrogen-bond donors (Lipinski definition) is 1. The van der Waals surface area contributed by atoms with E-state index in [0.717, 1.165) is 30.9 Å². The quantitative estimate of drug-likeness (QED) is 0.792. The molecule has 2 aliphatic rings. The number of anilines is 1. The zero-order valence-corrected chi connectivity index (χ0v) is 17.1. The molecular formula is C21H25FN4O2S. The van der Waals surface area contributed by atoms with Crippen LogP contribution >= 0.6 is 11.3 Å². The first-order valence-electron chi connectivity index (χ1n) is 10.3. The molecule has 0 spiro atoms. The van der Waals surface area contributed by atoms with E-state index < -0.39 is 11.7 Å². The molecule has 2 fully saturated rings. The molecular weight excluding hydrogens is 391 g/mol. The van der Waals surface area contributed by atoms with Gasteiger partial charge in [0.1, 0.15) is 10.8 Å². The maximum absolute atomic E-state index is 13.7. The van der Waals surface area contributed by atoms with Crippen LogP contribution in [0, 0.1) is 11.7 Å². The number of nitrogens with one attached hydrogen (secondary N) is 1. The third-order valence-corrected chi connectivity index (χ3v) is 6.98. The molecule has 2 heterocycles. The molecule has 2 aromatic rings. The topological polar surface area (TPSA) is 75.2 Å². The Morgan fingerprint density at radius 2 is 1.83 bits per heavy atom. The normalized spacial score (nSPS) is 18.2. The Kier molecular flexibility index (Phi) is 6.18. The van der Waals surface area contributed by atoms with Crippen molar-refractivity contribution in [3.05, 3.63) is 40.1 Å². The summed E-state index contributed by atoms with van der Waals surface area (Å²) in [5.74, 6) is 0.109. The number of benzene rings is 1. The van der Waals surface area contributed by atoms with Gasteiger partial charge >= 0.3 is 0 Å². The van der Waals surface area contributed by atoms with E-state index in [1.54, 1.807) is 12.1 Å². The zero-order chi connectivity index (χ0) is 20.2. The van der Waals surface area contributed by atoms with Crippen molar-refractivity contribution in [2.75, 3.05) is 18.4 Å². The van der Waals surface area contributed by atoms with Gasteiger partial charge in [-0.05, 0) is 43.7 Å². The van der Waals surface area contributed by atoms with Crippen LogP contribution < -0.4 is 5.32 Å². The number of para-hydroxylation sites is 1. The van der Waals surface area contributed by atoms with Crippen LogP contribution in [0.15, 0.2) is 24.3 Å². The Bertz CT molecular complexity index is 873. The van der Waals surface area contributed by atoms with Crippen molar-refractivity contribution in [2.45, 2.75) is 50.9 Å². The minimum Gasteiger partial charge on any atom is -0.343 e. The van der Waals surface area contributed by atoms with E-state index in [0.29, 0.717) is 12.3 Å². The Labute approximate surface area is 173 Å². The Morgan fingerprint density at radius 3 is 2.55 bits per heavy atom. The van der Waals surface area contributed by atoms with Gasteiger partial charge < -0.3 is 10.2 Å². The first-order chi connectivity index (χ1) is 14.1. The predicted octanol–water partition coefficient (Wildman–Crippen LogP) is 4.22. The molecule has 0 radical (unpaired) electrons. The van der Waals surface area contributed by atoms with Crippen molar-refractivity contribution >= 4 is 28.8 Å². The molecule has 1 saturated carbocycles. The highest BCUT2D eigenvalue weighted by Crippen LogP contribution is 2.32. The molecule has 4 rings (SSSR count). The molecule has 1 aliphatic carbocycles. The lowest BCUT2D eigenvalue weighted by Crippen LogP contribution is -2.38. The molecule has 1 aromatic carbocycles. The van der Waals surface area contributed by atoms with E-state index >= 15 is 0 Å². The Morgan fingerprint density at radius 1 is 1.10 bits per heavy atom. The molecule has 8 heteroatoms. The smallest absolute Gasteiger partial charge is 0.286 e. The lowest BCUT2D eigenvalue weighted by molar-refractivity contribution is -0.133. The van der Waals surface area contributed by atoms with Crippen LogP contribution in [0.5, 0.6) is 0 Å². The number of likely N-dealkylation sites (tertiary alicyclic amines) is 1. The van der Waals surface area contributed by atoms with Gasteiger partial charge in [-0.25, -0.2) is 4.39 Å². The van der Waals surface area contributed by atoms with Gasteiger partial charge in [0, 0.05) is 25.4 Å². The van der Waals surface area contributed by atoms with Crippen LogP contribution in [-0.4, -0.2) is 40.0 Å². The fourth-order valence-electron chi connectivity index (χ4n) is 4.20. The largest absolute Gasteiger partial charge is 0.343 e. The highest BCUT2D eigenvalue weighted by Gasteiger charge is 2.28. The van der Waals surface area contributed by atoms with Gasteiger partial charge in [-0.2, -0.15) is 0 Å². The Balaban J connectivity index is 1.30. The molecule has 0 bridgehead atoms. The second-order valence-corrected chi connectivity index (χ2v) is 8.90. The van der Waals surface area contributed by atoms with Gasteiger partial charge in [-0.15, -0.1) is 10.2 Å². The van der Waals surface area contributed by atoms with E-state index in [4.69, 9.17) is 0 Å². The van der Waals surface area contributed by atoms with Gasteiger partial charge in [-0.3, -0.25) is 9.59 Å². The van der Waals surface area contributed by atoms with Crippen molar-refractivity contribution in [3.8, 4) is 0 Å². The molecule has 1 aromatic heterocycles. The van der Waals surface area contributed by atoms with Crippen molar-refractivity contribution in [1.29, 1.82) is 0 Å². The second kappa shape index (κ2) is 8.98. The van der Waals surface area contributed by atoms with E-state index in [-0.39, 0.29) is 22.5 Å². The first-order valence-corrected chi connectivity index (χ1v) is 11.1. The average Bonchev–Trinajstić information content (AvgIpc) is 3.42. The molecule has 0 unspecified atom stereocenters. The van der Waals surface area contributed by atoms with Gasteiger partial charge in [0.05, 0.1) is 5.69 Å². The monoisotopic (exact) mass is 416 g/mol. The fraction of sp³-hybridized carbons (Fsp3) is 0.524. The molecule has 2 amide bonds. The number of aromatic nitrogens is 2. The van der Waals surface area contributed by atoms with Crippen molar-refractivity contribution in [3.63, 3.8) is 0 Å². The van der Waals surface area contributed by atoms with Gasteiger partial charge in [0.2, 0.25) is 10.9 Å². The number of hydrogen-bond acceptors (Lipinski definition) is 5. The number of nitrogens with zero attached hydrogens (tertiary/aromatic N) is 3. The van der Waals surface area contributed by atoms with Crippen LogP contribution in [0.25, 0.3) is 0 Å². The molecule has 1 N–H and O–H groups in total. The fourth-order valence-corrected chi connectivity index (χ4v) is 5.10. The number of carbonyl (C=O) groups excluding carboxylic acids is 2. The maximum Gasteiger partial charge on any atom is 0.286 e. The van der Waals surface area contributed by atoms with E-state index in [1.165, 1.54) is 49.2 Å². The highest BCUT2D eigenvalue weighted by molar-refractivity contribution is 7.13. The summed E-state index contributed by atoms with van der Waals surface area (Å²) in [4.78, 5) is 26.8. The Hall–Kier alpha value is -2.35. The summed E-state index contributed by atoms with van der Waals surface area (Å²) in [7, 11) is 0. The van der Waals surface area contributed by atoms with Crippen LogP contribution in [-0.2, 0) is 4.79 Å². The van der Waals surface area contributed by atoms with Crippen LogP contribution in [0.3, 0.4) is 0 Å². The molecule has 154 valence electrons. The SMILES string of the molecule is O=C(Nc1ccccc1F)c1nnc(C2CCN(C(=O)CC3CCCC3)CC2)s1. The predicted molar refractivity (Wildman–Crippen MR) is 109 cm³/mol.